The summed E-state index contributed by atoms with van der Waals surface area (Å²) in [6, 6.07) is -1.04. The van der Waals surface area contributed by atoms with Gasteiger partial charge in [-0.2, -0.15) is 11.8 Å². The first-order valence-electron chi connectivity index (χ1n) is 9.78. The number of hydrogen-bond acceptors (Lipinski definition) is 5. The van der Waals surface area contributed by atoms with Crippen LogP contribution in [0, 0.1) is 10.1 Å². The monoisotopic (exact) mass is 426 g/mol. The first-order chi connectivity index (χ1) is 13.6. The molecule has 1 amide bonds. The predicted molar refractivity (Wildman–Crippen MR) is 119 cm³/mol. The highest BCUT2D eigenvalue weighted by molar-refractivity contribution is 7.99. The fraction of sp³-hybridized carbons (Fsp3) is 0.619. The van der Waals surface area contributed by atoms with Crippen LogP contribution in [0.4, 0.5) is 0 Å². The number of nitro groups is 1. The van der Waals surface area contributed by atoms with Crippen LogP contribution < -0.4 is 5.32 Å². The summed E-state index contributed by atoms with van der Waals surface area (Å²) in [5.74, 6) is -0.884. The summed E-state index contributed by atoms with van der Waals surface area (Å²) < 4.78 is 0. The molecule has 0 heterocycles. The molecule has 0 radical (unpaired) electrons. The third-order valence-electron chi connectivity index (χ3n) is 4.11. The van der Waals surface area contributed by atoms with Crippen LogP contribution in [-0.2, 0) is 9.59 Å². The highest BCUT2D eigenvalue weighted by atomic mass is 32.2. The molecule has 0 fully saturated rings. The van der Waals surface area contributed by atoms with Gasteiger partial charge in [-0.1, -0.05) is 34.9 Å². The highest BCUT2D eigenvalue weighted by Crippen LogP contribution is 2.13. The van der Waals surface area contributed by atoms with E-state index in [9.17, 15) is 24.8 Å². The van der Waals surface area contributed by atoms with E-state index in [-0.39, 0.29) is 12.2 Å². The van der Waals surface area contributed by atoms with E-state index in [1.807, 2.05) is 0 Å². The minimum absolute atomic E-state index is 0.215. The lowest BCUT2D eigenvalue weighted by atomic mass is 10.1. The maximum absolute atomic E-state index is 11.6. The zero-order valence-corrected chi connectivity index (χ0v) is 18.7. The molecule has 0 aromatic rings. The fourth-order valence-corrected chi connectivity index (χ4v) is 3.36. The van der Waals surface area contributed by atoms with E-state index in [0.29, 0.717) is 5.75 Å². The van der Waals surface area contributed by atoms with Crippen LogP contribution in [0.5, 0.6) is 0 Å². The first-order valence-corrected chi connectivity index (χ1v) is 10.9. The summed E-state index contributed by atoms with van der Waals surface area (Å²) in [6.07, 6.45) is 10.4. The van der Waals surface area contributed by atoms with Gasteiger partial charge in [-0.05, 0) is 53.4 Å². The topological polar surface area (TPSA) is 110 Å². The molecule has 0 saturated carbocycles. The largest absolute Gasteiger partial charge is 0.480 e. The van der Waals surface area contributed by atoms with Gasteiger partial charge in [0.05, 0.1) is 6.42 Å². The number of nitrogens with zero attached hydrogens (tertiary/aromatic N) is 1. The van der Waals surface area contributed by atoms with Crippen molar-refractivity contribution in [1.29, 1.82) is 0 Å². The summed E-state index contributed by atoms with van der Waals surface area (Å²) in [6.45, 7) is 7.92. The molecule has 0 aromatic carbocycles. The molecule has 0 spiro atoms. The molecule has 164 valence electrons. The van der Waals surface area contributed by atoms with Crippen molar-refractivity contribution in [2.45, 2.75) is 65.8 Å². The lowest BCUT2D eigenvalue weighted by Crippen LogP contribution is -2.43. The Morgan fingerprint density at radius 2 is 1.62 bits per heavy atom. The Kier molecular flexibility index (Phi) is 14.7. The molecule has 7 nitrogen and oxygen atoms in total. The first kappa shape index (κ1) is 26.9. The second-order valence-corrected chi connectivity index (χ2v) is 8.34. The smallest absolute Gasteiger partial charge is 0.327 e. The third kappa shape index (κ3) is 16.6. The van der Waals surface area contributed by atoms with Gasteiger partial charge >= 0.3 is 5.97 Å². The van der Waals surface area contributed by atoms with E-state index in [1.54, 1.807) is 0 Å². The second kappa shape index (κ2) is 15.8. The van der Waals surface area contributed by atoms with Crippen molar-refractivity contribution in [3.05, 3.63) is 45.1 Å². The van der Waals surface area contributed by atoms with Crippen LogP contribution in [0.2, 0.25) is 0 Å². The van der Waals surface area contributed by atoms with Gasteiger partial charge in [-0.3, -0.25) is 14.9 Å². The van der Waals surface area contributed by atoms with Gasteiger partial charge in [0.1, 0.15) is 6.04 Å². The molecule has 0 aliphatic carbocycles. The second-order valence-electron chi connectivity index (χ2n) is 7.26. The number of carboxylic acids is 1. The molecule has 8 heteroatoms. The van der Waals surface area contributed by atoms with Crippen LogP contribution in [0.25, 0.3) is 0 Å². The number of carboxylic acid groups (broad SMARTS) is 1. The normalized spacial score (nSPS) is 13.0. The maximum atomic E-state index is 11.6. The van der Waals surface area contributed by atoms with Gasteiger partial charge in [0.25, 0.3) is 0 Å². The Bertz CT molecular complexity index is 637. The number of carbonyl (C=O) groups excluding carboxylic acids is 1. The number of nitrogens with one attached hydrogen (secondary N) is 1. The van der Waals surface area contributed by atoms with E-state index < -0.39 is 29.4 Å². The Labute approximate surface area is 177 Å². The number of hydrogen-bond donors (Lipinski definition) is 2. The quantitative estimate of drug-likeness (QED) is 0.174. The molecule has 0 aliphatic heterocycles. The third-order valence-corrected chi connectivity index (χ3v) is 5.08. The minimum Gasteiger partial charge on any atom is -0.480 e. The average molecular weight is 427 g/mol. The number of amides is 1. The van der Waals surface area contributed by atoms with Crippen molar-refractivity contribution >= 4 is 23.6 Å². The van der Waals surface area contributed by atoms with Crippen molar-refractivity contribution < 1.29 is 19.6 Å². The number of carbonyl (C=O) groups is 2. The van der Waals surface area contributed by atoms with Crippen molar-refractivity contribution in [1.82, 2.24) is 5.32 Å². The lowest BCUT2D eigenvalue weighted by molar-refractivity contribution is -0.478. The molecule has 0 rings (SSSR count). The van der Waals surface area contributed by atoms with Crippen LogP contribution in [0.1, 0.15) is 59.8 Å². The number of thioether (sulfide) groups is 1. The maximum Gasteiger partial charge on any atom is 0.327 e. The van der Waals surface area contributed by atoms with E-state index in [0.717, 1.165) is 25.7 Å². The van der Waals surface area contributed by atoms with Crippen LogP contribution in [0.3, 0.4) is 0 Å². The van der Waals surface area contributed by atoms with Crippen molar-refractivity contribution in [3.63, 3.8) is 0 Å². The van der Waals surface area contributed by atoms with Gasteiger partial charge in [0.2, 0.25) is 12.5 Å². The zero-order valence-electron chi connectivity index (χ0n) is 17.9. The Hall–Kier alpha value is -2.09. The average Bonchev–Trinajstić information content (AvgIpc) is 2.61. The molecule has 0 aromatic heterocycles. The molecule has 0 aliphatic rings. The van der Waals surface area contributed by atoms with Gasteiger partial charge < -0.3 is 10.4 Å². The molecule has 0 bridgehead atoms. The zero-order chi connectivity index (χ0) is 22.2. The molecular weight excluding hydrogens is 392 g/mol. The Morgan fingerprint density at radius 3 is 2.17 bits per heavy atom. The van der Waals surface area contributed by atoms with Crippen molar-refractivity contribution in [3.8, 4) is 0 Å². The molecule has 29 heavy (non-hydrogen) atoms. The summed E-state index contributed by atoms with van der Waals surface area (Å²) in [5, 5.41) is 21.8. The number of aliphatic carboxylic acids is 1. The Morgan fingerprint density at radius 1 is 1.03 bits per heavy atom. The summed E-state index contributed by atoms with van der Waals surface area (Å²) >= 11 is 1.41. The molecular formula is C21H34N2O5S. The summed E-state index contributed by atoms with van der Waals surface area (Å²) in [7, 11) is 0. The summed E-state index contributed by atoms with van der Waals surface area (Å²) in [5.41, 5.74) is 3.98. The fourth-order valence-electron chi connectivity index (χ4n) is 2.36. The van der Waals surface area contributed by atoms with E-state index >= 15 is 0 Å². The molecule has 0 unspecified atom stereocenters. The Balaban J connectivity index is 4.20. The minimum atomic E-state index is -1.14. The van der Waals surface area contributed by atoms with Gasteiger partial charge in [0, 0.05) is 16.4 Å². The van der Waals surface area contributed by atoms with Crippen molar-refractivity contribution in [2.75, 3.05) is 18.1 Å². The number of allylic oxidation sites excluding steroid dienone is 5. The number of rotatable bonds is 15. The van der Waals surface area contributed by atoms with Crippen LogP contribution in [0.15, 0.2) is 34.9 Å². The van der Waals surface area contributed by atoms with Gasteiger partial charge in [-0.15, -0.1) is 0 Å². The predicted octanol–water partition coefficient (Wildman–Crippen LogP) is 4.38. The van der Waals surface area contributed by atoms with E-state index in [4.69, 9.17) is 0 Å². The SMILES string of the molecule is CC(C)=CCCC(C)=CCCC(C)=CCSC[C@H](NC(=O)CC[N+](=O)[O-])C(=O)O. The molecule has 0 saturated heterocycles. The molecule has 2 N–H and O–H groups in total. The lowest BCUT2D eigenvalue weighted by Gasteiger charge is -2.13. The highest BCUT2D eigenvalue weighted by Gasteiger charge is 2.20. The summed E-state index contributed by atoms with van der Waals surface area (Å²) in [4.78, 5) is 32.5. The van der Waals surface area contributed by atoms with Crippen LogP contribution >= 0.6 is 11.8 Å². The molecule has 1 atom stereocenters. The van der Waals surface area contributed by atoms with E-state index in [1.165, 1.54) is 28.5 Å². The van der Waals surface area contributed by atoms with Crippen LogP contribution in [-0.4, -0.2) is 46.0 Å². The van der Waals surface area contributed by atoms with E-state index in [2.05, 4.69) is 51.2 Å². The van der Waals surface area contributed by atoms with Gasteiger partial charge in [-0.25, -0.2) is 4.79 Å². The van der Waals surface area contributed by atoms with Crippen molar-refractivity contribution in [2.24, 2.45) is 0 Å². The van der Waals surface area contributed by atoms with Gasteiger partial charge in [0.15, 0.2) is 0 Å². The standard InChI is InChI=1S/C21H34N2O5S/c1-16(2)7-5-8-17(3)9-6-10-18(4)12-14-29-15-19(21(25)26)22-20(24)11-13-23(27)28/h7,9,12,19H,5-6,8,10-11,13-15H2,1-4H3,(H,22,24)(H,25,26)/t19-/m0/s1.